The van der Waals surface area contributed by atoms with Crippen LogP contribution in [0.2, 0.25) is 0 Å². The van der Waals surface area contributed by atoms with Gasteiger partial charge in [0.15, 0.2) is 0 Å². The zero-order chi connectivity index (χ0) is 19.2. The number of carbonyl (C=O) groups excluding carboxylic acids is 1. The van der Waals surface area contributed by atoms with Crippen molar-refractivity contribution in [1.82, 2.24) is 10.6 Å². The molecule has 0 bridgehead atoms. The van der Waals surface area contributed by atoms with Crippen LogP contribution in [0, 0.1) is 5.92 Å². The summed E-state index contributed by atoms with van der Waals surface area (Å²) >= 11 is 0. The summed E-state index contributed by atoms with van der Waals surface area (Å²) in [5.74, 6) is -0.171. The summed E-state index contributed by atoms with van der Waals surface area (Å²) in [5, 5.41) is 14.1. The van der Waals surface area contributed by atoms with Gasteiger partial charge in [-0.25, -0.2) is 4.79 Å². The summed E-state index contributed by atoms with van der Waals surface area (Å²) in [6.07, 6.45) is 11.8. The second-order valence-corrected chi connectivity index (χ2v) is 7.20. The minimum Gasteiger partial charge on any atom is -0.481 e. The minimum atomic E-state index is -0.833. The van der Waals surface area contributed by atoms with E-state index in [0.717, 1.165) is 37.1 Å². The number of carboxylic acid groups (broad SMARTS) is 1. The Morgan fingerprint density at radius 2 is 1.69 bits per heavy atom. The maximum Gasteiger partial charge on any atom is 0.335 e. The molecule has 3 aliphatic rings. The van der Waals surface area contributed by atoms with Gasteiger partial charge in [0, 0.05) is 25.6 Å². The maximum atomic E-state index is 11.3. The van der Waals surface area contributed by atoms with E-state index in [-0.39, 0.29) is 5.97 Å². The predicted octanol–water partition coefficient (Wildman–Crippen LogP) is 3.23. The van der Waals surface area contributed by atoms with Crippen LogP contribution < -0.4 is 10.6 Å². The molecule has 150 valence electrons. The van der Waals surface area contributed by atoms with E-state index >= 15 is 0 Å². The number of cyclic esters (lactones) is 1. The molecule has 0 amide bonds. The van der Waals surface area contributed by atoms with Gasteiger partial charge in [0.2, 0.25) is 0 Å². The first-order chi connectivity index (χ1) is 12.5. The minimum absolute atomic E-state index is 0.131. The molecule has 0 atom stereocenters. The Bertz CT molecular complexity index is 437. The fourth-order valence-corrected chi connectivity index (χ4v) is 3.37. The van der Waals surface area contributed by atoms with Gasteiger partial charge in [0.05, 0.1) is 12.2 Å². The van der Waals surface area contributed by atoms with Gasteiger partial charge in [-0.15, -0.1) is 0 Å². The standard InChI is InChI=1S/C13H21NO2.C5H11N.C2H4O2/c1-10(12-7-8-16-13(12)15)14-9-11-5-3-2-4-6-11;1-2-4-6-5-3-1;1-2(3)4/h11,14H,2-9H2,1H3;6H,1-5H2;1H3,(H,3,4). The van der Waals surface area contributed by atoms with E-state index in [4.69, 9.17) is 14.6 Å². The lowest BCUT2D eigenvalue weighted by Crippen LogP contribution is -2.24. The SMILES string of the molecule is C1CCNCC1.CC(=O)O.CC(NCC1CCCCC1)=C1CCOC1=O. The third-order valence-corrected chi connectivity index (χ3v) is 4.87. The molecule has 2 aliphatic heterocycles. The van der Waals surface area contributed by atoms with Gasteiger partial charge in [-0.1, -0.05) is 25.7 Å². The summed E-state index contributed by atoms with van der Waals surface area (Å²) in [6, 6.07) is 0. The van der Waals surface area contributed by atoms with E-state index in [9.17, 15) is 4.79 Å². The Hall–Kier alpha value is -1.56. The lowest BCUT2D eigenvalue weighted by atomic mass is 9.89. The number of piperidine rings is 1. The van der Waals surface area contributed by atoms with Gasteiger partial charge in [-0.3, -0.25) is 4.79 Å². The lowest BCUT2D eigenvalue weighted by molar-refractivity contribution is -0.135. The van der Waals surface area contributed by atoms with E-state index in [1.165, 1.54) is 64.5 Å². The fourth-order valence-electron chi connectivity index (χ4n) is 3.37. The van der Waals surface area contributed by atoms with Crippen molar-refractivity contribution in [3.05, 3.63) is 11.3 Å². The maximum absolute atomic E-state index is 11.3. The second-order valence-electron chi connectivity index (χ2n) is 7.20. The Balaban J connectivity index is 0.000000278. The first-order valence-corrected chi connectivity index (χ1v) is 10.0. The smallest absolute Gasteiger partial charge is 0.335 e. The van der Waals surface area contributed by atoms with Gasteiger partial charge >= 0.3 is 5.97 Å². The topological polar surface area (TPSA) is 87.7 Å². The Kier molecular flexibility index (Phi) is 11.8. The van der Waals surface area contributed by atoms with Crippen LogP contribution in [0.15, 0.2) is 11.3 Å². The molecule has 0 aromatic carbocycles. The van der Waals surface area contributed by atoms with Gasteiger partial charge in [0.1, 0.15) is 0 Å². The van der Waals surface area contributed by atoms with Gasteiger partial charge in [-0.05, 0) is 51.6 Å². The van der Waals surface area contributed by atoms with Gasteiger partial charge in [-0.2, -0.15) is 0 Å². The molecule has 2 saturated heterocycles. The number of ether oxygens (including phenoxy) is 1. The largest absolute Gasteiger partial charge is 0.481 e. The van der Waals surface area contributed by atoms with Crippen molar-refractivity contribution in [2.24, 2.45) is 5.92 Å². The quantitative estimate of drug-likeness (QED) is 0.524. The van der Waals surface area contributed by atoms with Crippen molar-refractivity contribution in [3.63, 3.8) is 0 Å². The number of carbonyl (C=O) groups is 2. The molecule has 1 saturated carbocycles. The van der Waals surface area contributed by atoms with Crippen LogP contribution in [0.1, 0.15) is 71.6 Å². The van der Waals surface area contributed by atoms with E-state index < -0.39 is 5.97 Å². The lowest BCUT2D eigenvalue weighted by Gasteiger charge is -2.22. The van der Waals surface area contributed by atoms with Crippen molar-refractivity contribution in [2.45, 2.75) is 71.6 Å². The molecule has 3 fully saturated rings. The van der Waals surface area contributed by atoms with Crippen LogP contribution in [0.25, 0.3) is 0 Å². The van der Waals surface area contributed by atoms with Crippen molar-refractivity contribution >= 4 is 11.9 Å². The molecule has 6 heteroatoms. The van der Waals surface area contributed by atoms with Crippen molar-refractivity contribution in [1.29, 1.82) is 0 Å². The molecule has 3 N–H and O–H groups in total. The number of nitrogens with one attached hydrogen (secondary N) is 2. The number of hydrogen-bond donors (Lipinski definition) is 3. The third-order valence-electron chi connectivity index (χ3n) is 4.87. The number of hydrogen-bond acceptors (Lipinski definition) is 5. The Morgan fingerprint density at radius 1 is 1.12 bits per heavy atom. The number of allylic oxidation sites excluding steroid dienone is 1. The van der Waals surface area contributed by atoms with Crippen molar-refractivity contribution in [3.8, 4) is 0 Å². The highest BCUT2D eigenvalue weighted by Gasteiger charge is 2.21. The molecule has 3 rings (SSSR count). The average Bonchev–Trinajstić information content (AvgIpc) is 3.08. The number of esters is 1. The first kappa shape index (κ1) is 22.5. The average molecular weight is 369 g/mol. The molecule has 0 radical (unpaired) electrons. The van der Waals surface area contributed by atoms with E-state index in [2.05, 4.69) is 10.6 Å². The summed E-state index contributed by atoms with van der Waals surface area (Å²) in [7, 11) is 0. The van der Waals surface area contributed by atoms with Gasteiger partial charge in [0.25, 0.3) is 5.97 Å². The number of carboxylic acids is 1. The monoisotopic (exact) mass is 368 g/mol. The zero-order valence-electron chi connectivity index (χ0n) is 16.4. The Morgan fingerprint density at radius 3 is 2.12 bits per heavy atom. The summed E-state index contributed by atoms with van der Waals surface area (Å²) in [6.45, 7) is 7.14. The fraction of sp³-hybridized carbons (Fsp3) is 0.800. The van der Waals surface area contributed by atoms with Crippen LogP contribution >= 0.6 is 0 Å². The second kappa shape index (κ2) is 13.6. The highest BCUT2D eigenvalue weighted by molar-refractivity contribution is 5.90. The zero-order valence-corrected chi connectivity index (χ0v) is 16.4. The normalized spacial score (nSPS) is 22.2. The van der Waals surface area contributed by atoms with Crippen LogP contribution in [0.4, 0.5) is 0 Å². The Labute approximate surface area is 157 Å². The molecular formula is C20H36N2O4. The van der Waals surface area contributed by atoms with Crippen LogP contribution in [-0.2, 0) is 14.3 Å². The van der Waals surface area contributed by atoms with E-state index in [1.54, 1.807) is 0 Å². The molecule has 1 aliphatic carbocycles. The van der Waals surface area contributed by atoms with Crippen LogP contribution in [0.3, 0.4) is 0 Å². The first-order valence-electron chi connectivity index (χ1n) is 10.0. The summed E-state index contributed by atoms with van der Waals surface area (Å²) < 4.78 is 4.94. The molecule has 2 heterocycles. The highest BCUT2D eigenvalue weighted by Crippen LogP contribution is 2.23. The van der Waals surface area contributed by atoms with Crippen LogP contribution in [-0.4, -0.2) is 43.3 Å². The molecule has 26 heavy (non-hydrogen) atoms. The number of aliphatic carboxylic acids is 1. The molecule has 6 nitrogen and oxygen atoms in total. The van der Waals surface area contributed by atoms with Crippen LogP contribution in [0.5, 0.6) is 0 Å². The van der Waals surface area contributed by atoms with E-state index in [1.807, 2.05) is 6.92 Å². The molecule has 0 unspecified atom stereocenters. The summed E-state index contributed by atoms with van der Waals surface area (Å²) in [5.41, 5.74) is 1.86. The van der Waals surface area contributed by atoms with E-state index in [0.29, 0.717) is 6.61 Å². The van der Waals surface area contributed by atoms with Crippen molar-refractivity contribution in [2.75, 3.05) is 26.2 Å². The molecular weight excluding hydrogens is 332 g/mol. The molecule has 0 aromatic rings. The highest BCUT2D eigenvalue weighted by atomic mass is 16.5. The number of rotatable bonds is 3. The van der Waals surface area contributed by atoms with Crippen molar-refractivity contribution < 1.29 is 19.4 Å². The predicted molar refractivity (Wildman–Crippen MR) is 103 cm³/mol. The third kappa shape index (κ3) is 10.4. The summed E-state index contributed by atoms with van der Waals surface area (Å²) in [4.78, 5) is 20.3. The van der Waals surface area contributed by atoms with Gasteiger partial charge < -0.3 is 20.5 Å². The molecule has 0 spiro atoms. The molecule has 0 aromatic heterocycles.